The minimum absolute atomic E-state index is 0.156. The van der Waals surface area contributed by atoms with Crippen LogP contribution in [0.3, 0.4) is 0 Å². The third kappa shape index (κ3) is 3.53. The average molecular weight is 281 g/mol. The predicted octanol–water partition coefficient (Wildman–Crippen LogP) is 3.20. The van der Waals surface area contributed by atoms with E-state index in [0.29, 0.717) is 12.5 Å². The lowest BCUT2D eigenvalue weighted by atomic mass is 9.69. The molecule has 1 N–H and O–H groups in total. The van der Waals surface area contributed by atoms with Gasteiger partial charge in [0.05, 0.1) is 6.42 Å². The van der Waals surface area contributed by atoms with Gasteiger partial charge in [-0.25, -0.2) is 0 Å². The van der Waals surface area contributed by atoms with E-state index in [1.165, 1.54) is 6.42 Å². The maximum Gasteiger partial charge on any atom is 0.303 e. The second kappa shape index (κ2) is 6.59. The number of rotatable bonds is 5. The van der Waals surface area contributed by atoms with Crippen molar-refractivity contribution < 1.29 is 14.7 Å². The Hall–Kier alpha value is -1.06. The first kappa shape index (κ1) is 15.3. The Bertz CT molecular complexity index is 361. The van der Waals surface area contributed by atoms with Crippen LogP contribution in [-0.4, -0.2) is 34.5 Å². The molecule has 1 saturated heterocycles. The fourth-order valence-corrected chi connectivity index (χ4v) is 4.05. The first-order chi connectivity index (χ1) is 9.56. The molecule has 4 nitrogen and oxygen atoms in total. The summed E-state index contributed by atoms with van der Waals surface area (Å²) in [6.07, 6.45) is 8.92. The van der Waals surface area contributed by atoms with Crippen LogP contribution >= 0.6 is 0 Å². The number of carboxylic acid groups (broad SMARTS) is 1. The van der Waals surface area contributed by atoms with Crippen LogP contribution in [-0.2, 0) is 9.59 Å². The van der Waals surface area contributed by atoms with Gasteiger partial charge in [-0.15, -0.1) is 0 Å². The number of carbonyl (C=O) groups is 2. The molecule has 4 heteroatoms. The number of amides is 1. The summed E-state index contributed by atoms with van der Waals surface area (Å²) in [4.78, 5) is 25.8. The summed E-state index contributed by atoms with van der Waals surface area (Å²) < 4.78 is 0. The van der Waals surface area contributed by atoms with Crippen LogP contribution in [0.15, 0.2) is 0 Å². The molecule has 0 aromatic carbocycles. The van der Waals surface area contributed by atoms with Gasteiger partial charge in [0.2, 0.25) is 5.91 Å². The summed E-state index contributed by atoms with van der Waals surface area (Å²) in [5.74, 6) is -0.564. The molecule has 20 heavy (non-hydrogen) atoms. The van der Waals surface area contributed by atoms with Gasteiger partial charge in [-0.05, 0) is 37.5 Å². The topological polar surface area (TPSA) is 57.6 Å². The van der Waals surface area contributed by atoms with Crippen LogP contribution in [0.5, 0.6) is 0 Å². The molecule has 2 rings (SSSR count). The molecule has 0 spiro atoms. The first-order valence-corrected chi connectivity index (χ1v) is 8.07. The Kier molecular flexibility index (Phi) is 5.06. The molecular weight excluding hydrogens is 254 g/mol. The van der Waals surface area contributed by atoms with Crippen LogP contribution in [0.1, 0.15) is 71.1 Å². The second-order valence-electron chi connectivity index (χ2n) is 6.60. The Morgan fingerprint density at radius 3 is 2.45 bits per heavy atom. The lowest BCUT2D eigenvalue weighted by Crippen LogP contribution is -2.40. The van der Waals surface area contributed by atoms with Gasteiger partial charge >= 0.3 is 5.97 Å². The molecule has 0 radical (unpaired) electrons. The highest BCUT2D eigenvalue weighted by molar-refractivity contribution is 5.79. The summed E-state index contributed by atoms with van der Waals surface area (Å²) in [6.45, 7) is 2.99. The van der Waals surface area contributed by atoms with E-state index in [1.807, 2.05) is 4.90 Å². The Balaban J connectivity index is 2.03. The van der Waals surface area contributed by atoms with Crippen molar-refractivity contribution in [2.24, 2.45) is 5.41 Å². The quantitative estimate of drug-likeness (QED) is 0.842. The number of carboxylic acids is 1. The minimum atomic E-state index is -0.756. The van der Waals surface area contributed by atoms with Crippen molar-refractivity contribution in [3.05, 3.63) is 0 Å². The molecule has 1 aliphatic carbocycles. The Morgan fingerprint density at radius 1 is 1.15 bits per heavy atom. The highest BCUT2D eigenvalue weighted by Gasteiger charge is 2.39. The Morgan fingerprint density at radius 2 is 1.85 bits per heavy atom. The van der Waals surface area contributed by atoms with Crippen LogP contribution in [0.4, 0.5) is 0 Å². The van der Waals surface area contributed by atoms with Crippen LogP contribution in [0.2, 0.25) is 0 Å². The molecule has 114 valence electrons. The Labute approximate surface area is 121 Å². The molecule has 0 bridgehead atoms. The van der Waals surface area contributed by atoms with Gasteiger partial charge in [-0.1, -0.05) is 26.2 Å². The van der Waals surface area contributed by atoms with Crippen molar-refractivity contribution in [2.75, 3.05) is 6.54 Å². The molecule has 1 heterocycles. The largest absolute Gasteiger partial charge is 0.481 e. The van der Waals surface area contributed by atoms with Gasteiger partial charge in [0.1, 0.15) is 0 Å². The molecule has 0 aromatic heterocycles. The van der Waals surface area contributed by atoms with Crippen LogP contribution in [0.25, 0.3) is 0 Å². The van der Waals surface area contributed by atoms with Gasteiger partial charge < -0.3 is 10.0 Å². The van der Waals surface area contributed by atoms with Crippen molar-refractivity contribution >= 4 is 11.9 Å². The van der Waals surface area contributed by atoms with E-state index < -0.39 is 5.97 Å². The van der Waals surface area contributed by atoms with Crippen LogP contribution < -0.4 is 0 Å². The van der Waals surface area contributed by atoms with E-state index in [9.17, 15) is 14.7 Å². The van der Waals surface area contributed by atoms with E-state index in [2.05, 4.69) is 6.92 Å². The zero-order valence-electron chi connectivity index (χ0n) is 12.6. The van der Waals surface area contributed by atoms with Gasteiger partial charge in [-0.3, -0.25) is 9.59 Å². The van der Waals surface area contributed by atoms with E-state index in [0.717, 1.165) is 51.5 Å². The van der Waals surface area contributed by atoms with E-state index in [1.54, 1.807) is 0 Å². The zero-order chi connectivity index (χ0) is 14.6. The van der Waals surface area contributed by atoms with Gasteiger partial charge in [0.15, 0.2) is 0 Å². The van der Waals surface area contributed by atoms with E-state index in [-0.39, 0.29) is 17.7 Å². The smallest absolute Gasteiger partial charge is 0.303 e. The SMILES string of the molecule is CCC1CCCN1C(=O)CC1(CC(=O)O)CCCCC1. The highest BCUT2D eigenvalue weighted by atomic mass is 16.4. The highest BCUT2D eigenvalue weighted by Crippen LogP contribution is 2.43. The number of hydrogen-bond acceptors (Lipinski definition) is 2. The second-order valence-corrected chi connectivity index (χ2v) is 6.60. The third-order valence-electron chi connectivity index (χ3n) is 5.14. The van der Waals surface area contributed by atoms with Crippen LogP contribution in [0, 0.1) is 5.41 Å². The molecule has 2 aliphatic rings. The maximum atomic E-state index is 12.6. The van der Waals surface area contributed by atoms with E-state index in [4.69, 9.17) is 0 Å². The van der Waals surface area contributed by atoms with Gasteiger partial charge in [-0.2, -0.15) is 0 Å². The normalized spacial score (nSPS) is 25.6. The molecule has 1 saturated carbocycles. The van der Waals surface area contributed by atoms with Gasteiger partial charge in [0.25, 0.3) is 0 Å². The van der Waals surface area contributed by atoms with E-state index >= 15 is 0 Å². The predicted molar refractivity (Wildman–Crippen MR) is 77.4 cm³/mol. The maximum absolute atomic E-state index is 12.6. The molecular formula is C16H27NO3. The zero-order valence-corrected chi connectivity index (χ0v) is 12.6. The summed E-state index contributed by atoms with van der Waals surface area (Å²) in [5.41, 5.74) is -0.276. The molecule has 1 amide bonds. The molecule has 2 fully saturated rings. The summed E-state index contributed by atoms with van der Waals surface area (Å²) >= 11 is 0. The molecule has 1 unspecified atom stereocenters. The van der Waals surface area contributed by atoms with Crippen molar-refractivity contribution in [3.63, 3.8) is 0 Å². The number of hydrogen-bond donors (Lipinski definition) is 1. The summed E-state index contributed by atoms with van der Waals surface area (Å²) in [5, 5.41) is 9.18. The average Bonchev–Trinajstić information content (AvgIpc) is 2.87. The monoisotopic (exact) mass is 281 g/mol. The number of aliphatic carboxylic acids is 1. The fraction of sp³-hybridized carbons (Fsp3) is 0.875. The standard InChI is InChI=1S/C16H27NO3/c1-2-13-7-6-10-17(13)14(18)11-16(12-15(19)20)8-4-3-5-9-16/h13H,2-12H2,1H3,(H,19,20). The van der Waals surface area contributed by atoms with Gasteiger partial charge in [0, 0.05) is 19.0 Å². The first-order valence-electron chi connectivity index (χ1n) is 8.07. The van der Waals surface area contributed by atoms with Crippen molar-refractivity contribution in [2.45, 2.75) is 77.2 Å². The lowest BCUT2D eigenvalue weighted by molar-refractivity contribution is -0.142. The fourth-order valence-electron chi connectivity index (χ4n) is 4.05. The van der Waals surface area contributed by atoms with Crippen molar-refractivity contribution in [3.8, 4) is 0 Å². The van der Waals surface area contributed by atoms with Crippen molar-refractivity contribution in [1.82, 2.24) is 4.90 Å². The molecule has 0 aromatic rings. The lowest BCUT2D eigenvalue weighted by Gasteiger charge is -2.37. The summed E-state index contributed by atoms with van der Waals surface area (Å²) in [7, 11) is 0. The minimum Gasteiger partial charge on any atom is -0.481 e. The summed E-state index contributed by atoms with van der Waals surface area (Å²) in [6, 6.07) is 0.382. The third-order valence-corrected chi connectivity index (χ3v) is 5.14. The number of carbonyl (C=O) groups excluding carboxylic acids is 1. The number of nitrogens with zero attached hydrogens (tertiary/aromatic N) is 1. The molecule has 1 atom stereocenters. The molecule has 1 aliphatic heterocycles. The number of likely N-dealkylation sites (tertiary alicyclic amines) is 1. The van der Waals surface area contributed by atoms with Crippen molar-refractivity contribution in [1.29, 1.82) is 0 Å².